The van der Waals surface area contributed by atoms with E-state index in [1.54, 1.807) is 24.3 Å². The molecular formula is C44H36O8Si. The van der Waals surface area contributed by atoms with Crippen LogP contribution in [0.1, 0.15) is 22.3 Å². The van der Waals surface area contributed by atoms with Crippen LogP contribution in [0.15, 0.2) is 194 Å². The van der Waals surface area contributed by atoms with Crippen molar-refractivity contribution in [3.63, 3.8) is 0 Å². The van der Waals surface area contributed by atoms with Crippen molar-refractivity contribution >= 4 is 59.1 Å². The van der Waals surface area contributed by atoms with Crippen LogP contribution in [0.2, 0.25) is 0 Å². The molecule has 0 saturated carbocycles. The standard InChI is InChI=1S/4C11H10O2.Si/c4*12-11(13)9-5-4-8-10-6-2-1-3-7-10;/h4*1-9H,(H,12,13);/q;;;;+4/p-4. The Hall–Kier alpha value is -7.10. The van der Waals surface area contributed by atoms with Gasteiger partial charge in [0.2, 0.25) is 0 Å². The zero-order chi connectivity index (χ0) is 38.1. The maximum absolute atomic E-state index is 9.98. The van der Waals surface area contributed by atoms with Gasteiger partial charge in [-0.05, 0) is 46.6 Å². The topological polar surface area (TPSA) is 161 Å². The Labute approximate surface area is 314 Å². The van der Waals surface area contributed by atoms with E-state index in [0.717, 1.165) is 46.6 Å². The minimum atomic E-state index is -1.18. The molecule has 4 aromatic rings. The third kappa shape index (κ3) is 29.5. The molecule has 0 amide bonds. The molecule has 4 rings (SSSR count). The summed E-state index contributed by atoms with van der Waals surface area (Å²) in [6.07, 6.45) is 23.6. The molecule has 0 spiro atoms. The van der Waals surface area contributed by atoms with Crippen molar-refractivity contribution in [3.05, 3.63) is 216 Å². The fraction of sp³-hybridized carbons (Fsp3) is 0. The first-order valence-electron chi connectivity index (χ1n) is 15.6. The third-order valence-electron chi connectivity index (χ3n) is 5.73. The van der Waals surface area contributed by atoms with Crippen LogP contribution in [-0.4, -0.2) is 34.8 Å². The zero-order valence-electron chi connectivity index (χ0n) is 28.6. The molecule has 0 fully saturated rings. The largest absolute Gasteiger partial charge is 4.00 e. The maximum Gasteiger partial charge on any atom is 4.00 e. The number of hydrogen-bond donors (Lipinski definition) is 0. The number of hydrogen-bond acceptors (Lipinski definition) is 8. The van der Waals surface area contributed by atoms with E-state index >= 15 is 0 Å². The monoisotopic (exact) mass is 720 g/mol. The van der Waals surface area contributed by atoms with Crippen LogP contribution in [0, 0.1) is 0 Å². The molecule has 9 heteroatoms. The molecule has 0 N–H and O–H groups in total. The Morgan fingerprint density at radius 3 is 0.623 bits per heavy atom. The van der Waals surface area contributed by atoms with E-state index in [2.05, 4.69) is 0 Å². The van der Waals surface area contributed by atoms with Gasteiger partial charge in [0.05, 0.1) is 23.9 Å². The molecule has 53 heavy (non-hydrogen) atoms. The molecule has 0 unspecified atom stereocenters. The van der Waals surface area contributed by atoms with Crippen LogP contribution in [0.25, 0.3) is 24.3 Å². The number of carbonyl (C=O) groups is 4. The normalized spacial score (nSPS) is 10.9. The summed E-state index contributed by atoms with van der Waals surface area (Å²) in [6, 6.07) is 38.5. The smallest absolute Gasteiger partial charge is 0.545 e. The molecule has 0 atom stereocenters. The Bertz CT molecular complexity index is 1580. The Morgan fingerprint density at radius 2 is 0.472 bits per heavy atom. The van der Waals surface area contributed by atoms with Gasteiger partial charge in [-0.2, -0.15) is 0 Å². The first-order valence-corrected chi connectivity index (χ1v) is 15.6. The molecule has 0 aliphatic carbocycles. The SMILES string of the molecule is O=C([O-])C=CC=Cc1ccccc1.O=C([O-])C=CC=Cc1ccccc1.O=C([O-])C=CC=Cc1ccccc1.O=C([O-])C=CC=Cc1ccccc1.[Si+4]. The van der Waals surface area contributed by atoms with Crippen molar-refractivity contribution in [1.29, 1.82) is 0 Å². The van der Waals surface area contributed by atoms with Gasteiger partial charge in [0, 0.05) is 0 Å². The van der Waals surface area contributed by atoms with E-state index in [0.29, 0.717) is 0 Å². The van der Waals surface area contributed by atoms with Crippen molar-refractivity contribution in [2.24, 2.45) is 0 Å². The minimum Gasteiger partial charge on any atom is -0.545 e. The van der Waals surface area contributed by atoms with E-state index in [4.69, 9.17) is 0 Å². The second-order valence-corrected chi connectivity index (χ2v) is 9.79. The van der Waals surface area contributed by atoms with Crippen LogP contribution >= 0.6 is 0 Å². The van der Waals surface area contributed by atoms with Crippen molar-refractivity contribution in [2.45, 2.75) is 0 Å². The second kappa shape index (κ2) is 30.9. The molecule has 0 aliphatic rings. The molecule has 0 bridgehead atoms. The molecule has 0 aromatic heterocycles. The molecule has 0 aliphatic heterocycles. The van der Waals surface area contributed by atoms with Gasteiger partial charge < -0.3 is 39.6 Å². The van der Waals surface area contributed by atoms with Gasteiger partial charge >= 0.3 is 11.0 Å². The van der Waals surface area contributed by atoms with Gasteiger partial charge in [-0.15, -0.1) is 0 Å². The molecule has 0 heterocycles. The number of carbonyl (C=O) groups excluding carboxylic acids is 4. The molecule has 264 valence electrons. The van der Waals surface area contributed by atoms with Gasteiger partial charge in [-0.1, -0.05) is 194 Å². The van der Waals surface area contributed by atoms with Gasteiger partial charge in [-0.3, -0.25) is 0 Å². The van der Waals surface area contributed by atoms with E-state index < -0.39 is 23.9 Å². The summed E-state index contributed by atoms with van der Waals surface area (Å²) in [5, 5.41) is 39.9. The average Bonchev–Trinajstić information content (AvgIpc) is 3.15. The quantitative estimate of drug-likeness (QED) is 0.122. The fourth-order valence-corrected chi connectivity index (χ4v) is 3.46. The van der Waals surface area contributed by atoms with Gasteiger partial charge in [0.15, 0.2) is 0 Å². The summed E-state index contributed by atoms with van der Waals surface area (Å²) in [5.41, 5.74) is 4.13. The number of rotatable bonds is 12. The van der Waals surface area contributed by atoms with Crippen molar-refractivity contribution < 1.29 is 39.6 Å². The Balaban J connectivity index is 0.000000676. The van der Waals surface area contributed by atoms with Crippen LogP contribution in [-0.2, 0) is 19.2 Å². The van der Waals surface area contributed by atoms with Gasteiger partial charge in [-0.25, -0.2) is 0 Å². The number of allylic oxidation sites excluding steroid dienone is 8. The first-order chi connectivity index (χ1) is 25.2. The summed E-state index contributed by atoms with van der Waals surface area (Å²) in [4.78, 5) is 39.9. The van der Waals surface area contributed by atoms with E-state index in [9.17, 15) is 39.6 Å². The Morgan fingerprint density at radius 1 is 0.302 bits per heavy atom. The maximum atomic E-state index is 9.98. The van der Waals surface area contributed by atoms with Crippen molar-refractivity contribution in [3.8, 4) is 0 Å². The average molecular weight is 721 g/mol. The van der Waals surface area contributed by atoms with Crippen LogP contribution in [0.4, 0.5) is 0 Å². The third-order valence-corrected chi connectivity index (χ3v) is 5.73. The molecule has 8 nitrogen and oxygen atoms in total. The summed E-state index contributed by atoms with van der Waals surface area (Å²) >= 11 is 0. The molecule has 0 saturated heterocycles. The summed E-state index contributed by atoms with van der Waals surface area (Å²) in [5.74, 6) is -4.73. The summed E-state index contributed by atoms with van der Waals surface area (Å²) in [7, 11) is 0. The molecular weight excluding hydrogens is 685 g/mol. The Kier molecular flexibility index (Phi) is 26.8. The molecule has 0 radical (unpaired) electrons. The predicted molar refractivity (Wildman–Crippen MR) is 204 cm³/mol. The zero-order valence-corrected chi connectivity index (χ0v) is 29.6. The number of aliphatic carboxylic acids is 4. The molecule has 4 aromatic carbocycles. The van der Waals surface area contributed by atoms with E-state index in [1.165, 1.54) is 24.3 Å². The fourth-order valence-electron chi connectivity index (χ4n) is 3.46. The first kappa shape index (κ1) is 45.9. The minimum absolute atomic E-state index is 0. The van der Waals surface area contributed by atoms with Crippen molar-refractivity contribution in [1.82, 2.24) is 0 Å². The van der Waals surface area contributed by atoms with Crippen LogP contribution in [0.3, 0.4) is 0 Å². The van der Waals surface area contributed by atoms with E-state index in [1.807, 2.05) is 146 Å². The predicted octanol–water partition coefficient (Wildman–Crippen LogP) is 3.64. The summed E-state index contributed by atoms with van der Waals surface area (Å²) in [6.45, 7) is 0. The number of benzene rings is 4. The van der Waals surface area contributed by atoms with E-state index in [-0.39, 0.29) is 11.0 Å². The number of carboxylic acid groups (broad SMARTS) is 4. The van der Waals surface area contributed by atoms with Gasteiger partial charge in [0.25, 0.3) is 0 Å². The summed E-state index contributed by atoms with van der Waals surface area (Å²) < 4.78 is 0. The number of carboxylic acids is 4. The second-order valence-electron chi connectivity index (χ2n) is 9.79. The van der Waals surface area contributed by atoms with Gasteiger partial charge in [0.1, 0.15) is 0 Å². The van der Waals surface area contributed by atoms with Crippen LogP contribution < -0.4 is 20.4 Å². The van der Waals surface area contributed by atoms with Crippen molar-refractivity contribution in [2.75, 3.05) is 0 Å². The van der Waals surface area contributed by atoms with Crippen LogP contribution in [0.5, 0.6) is 0 Å².